The zero-order valence-corrected chi connectivity index (χ0v) is 17.7. The van der Waals surface area contributed by atoms with E-state index in [4.69, 9.17) is 4.74 Å². The topological polar surface area (TPSA) is 61.5 Å². The van der Waals surface area contributed by atoms with Crippen molar-refractivity contribution in [3.8, 4) is 5.75 Å². The fourth-order valence-corrected chi connectivity index (χ4v) is 4.46. The second-order valence-electron chi connectivity index (χ2n) is 7.06. The number of piperazine rings is 1. The van der Waals surface area contributed by atoms with Crippen molar-refractivity contribution >= 4 is 28.7 Å². The van der Waals surface area contributed by atoms with Crippen molar-refractivity contribution in [3.63, 3.8) is 0 Å². The van der Waals surface area contributed by atoms with Crippen LogP contribution in [0.5, 0.6) is 5.75 Å². The summed E-state index contributed by atoms with van der Waals surface area (Å²) in [6.07, 6.45) is 0. The van der Waals surface area contributed by atoms with Gasteiger partial charge in [-0.05, 0) is 30.0 Å². The van der Waals surface area contributed by atoms with Gasteiger partial charge < -0.3 is 14.6 Å². The molecule has 0 aliphatic carbocycles. The average molecular weight is 411 g/mol. The number of rotatable bonds is 6. The van der Waals surface area contributed by atoms with Gasteiger partial charge in [0.05, 0.1) is 30.3 Å². The lowest BCUT2D eigenvalue weighted by atomic mass is 10.2. The fraction of sp³-hybridized carbons (Fsp3) is 0.364. The van der Waals surface area contributed by atoms with Crippen LogP contribution < -0.4 is 4.74 Å². The number of carbonyl (C=O) groups is 1. The number of fused-ring (bicyclic) bond motifs is 1. The van der Waals surface area contributed by atoms with Crippen LogP contribution in [0.3, 0.4) is 0 Å². The van der Waals surface area contributed by atoms with Gasteiger partial charge in [0.2, 0.25) is 0 Å². The highest BCUT2D eigenvalue weighted by atomic mass is 32.2. The van der Waals surface area contributed by atoms with Gasteiger partial charge in [0.1, 0.15) is 11.6 Å². The van der Waals surface area contributed by atoms with E-state index in [0.717, 1.165) is 71.5 Å². The zero-order chi connectivity index (χ0) is 20.2. The third kappa shape index (κ3) is 4.41. The quantitative estimate of drug-likeness (QED) is 0.629. The Morgan fingerprint density at radius 1 is 1.17 bits per heavy atom. The molecule has 7 heteroatoms. The van der Waals surface area contributed by atoms with Crippen LogP contribution in [0.2, 0.25) is 0 Å². The highest BCUT2D eigenvalue weighted by Gasteiger charge is 2.24. The van der Waals surface area contributed by atoms with E-state index < -0.39 is 0 Å². The molecule has 2 aromatic carbocycles. The number of nitrogens with one attached hydrogen (secondary N) is 1. The highest BCUT2D eigenvalue weighted by molar-refractivity contribution is 7.99. The normalized spacial score (nSPS) is 15.0. The van der Waals surface area contributed by atoms with Gasteiger partial charge in [0.15, 0.2) is 0 Å². The third-order valence-electron chi connectivity index (χ3n) is 5.19. The summed E-state index contributed by atoms with van der Waals surface area (Å²) < 4.78 is 5.28. The molecule has 2 heterocycles. The van der Waals surface area contributed by atoms with E-state index in [2.05, 4.69) is 21.8 Å². The Kier molecular flexibility index (Phi) is 6.06. The van der Waals surface area contributed by atoms with E-state index in [1.807, 2.05) is 47.4 Å². The first-order valence-corrected chi connectivity index (χ1v) is 10.9. The Labute approximate surface area is 175 Å². The van der Waals surface area contributed by atoms with E-state index >= 15 is 0 Å². The molecule has 1 aliphatic heterocycles. The van der Waals surface area contributed by atoms with Crippen molar-refractivity contribution in [2.24, 2.45) is 0 Å². The van der Waals surface area contributed by atoms with E-state index in [1.54, 1.807) is 18.9 Å². The number of ether oxygens (including phenoxy) is 1. The molecule has 0 atom stereocenters. The number of hydrogen-bond donors (Lipinski definition) is 1. The predicted octanol–water partition coefficient (Wildman–Crippen LogP) is 3.64. The molecule has 152 valence electrons. The minimum atomic E-state index is 0.136. The lowest BCUT2D eigenvalue weighted by Gasteiger charge is -2.34. The Hall–Kier alpha value is -2.51. The summed E-state index contributed by atoms with van der Waals surface area (Å²) in [5.41, 5.74) is 2.75. The van der Waals surface area contributed by atoms with Crippen LogP contribution in [0.1, 0.15) is 23.1 Å². The second kappa shape index (κ2) is 8.88. The predicted molar refractivity (Wildman–Crippen MR) is 117 cm³/mol. The van der Waals surface area contributed by atoms with Crippen molar-refractivity contribution < 1.29 is 9.53 Å². The first-order valence-electron chi connectivity index (χ1n) is 9.94. The summed E-state index contributed by atoms with van der Waals surface area (Å²) >= 11 is 1.72. The maximum Gasteiger partial charge on any atom is 0.255 e. The average Bonchev–Trinajstić information content (AvgIpc) is 3.15. The Balaban J connectivity index is 1.38. The number of amides is 1. The second-order valence-corrected chi connectivity index (χ2v) is 8.37. The summed E-state index contributed by atoms with van der Waals surface area (Å²) in [6.45, 7) is 6.01. The van der Waals surface area contributed by atoms with Gasteiger partial charge in [-0.2, -0.15) is 0 Å². The lowest BCUT2D eigenvalue weighted by Crippen LogP contribution is -2.48. The number of benzene rings is 2. The summed E-state index contributed by atoms with van der Waals surface area (Å²) in [5, 5.41) is 0. The fourth-order valence-electron chi connectivity index (χ4n) is 3.66. The largest absolute Gasteiger partial charge is 0.497 e. The van der Waals surface area contributed by atoms with E-state index in [1.165, 1.54) is 0 Å². The monoisotopic (exact) mass is 410 g/mol. The molecule has 1 saturated heterocycles. The van der Waals surface area contributed by atoms with Gasteiger partial charge in [-0.15, -0.1) is 11.8 Å². The molecule has 1 N–H and O–H groups in total. The van der Waals surface area contributed by atoms with Crippen LogP contribution in [0.4, 0.5) is 0 Å². The minimum absolute atomic E-state index is 0.136. The molecule has 0 spiro atoms. The smallest absolute Gasteiger partial charge is 0.255 e. The van der Waals surface area contributed by atoms with Gasteiger partial charge in [0, 0.05) is 37.1 Å². The maximum absolute atomic E-state index is 13.0. The molecule has 4 rings (SSSR count). The molecule has 0 saturated carbocycles. The molecule has 0 bridgehead atoms. The molecule has 6 nitrogen and oxygen atoms in total. The molecule has 1 amide bonds. The van der Waals surface area contributed by atoms with Crippen LogP contribution in [0, 0.1) is 0 Å². The molecular formula is C22H26N4O2S. The molecule has 0 unspecified atom stereocenters. The van der Waals surface area contributed by atoms with Crippen LogP contribution in [-0.4, -0.2) is 64.7 Å². The Morgan fingerprint density at radius 3 is 2.72 bits per heavy atom. The number of carbonyl (C=O) groups excluding carboxylic acids is 1. The third-order valence-corrected chi connectivity index (χ3v) is 6.14. The minimum Gasteiger partial charge on any atom is -0.497 e. The van der Waals surface area contributed by atoms with Gasteiger partial charge in [-0.1, -0.05) is 19.1 Å². The zero-order valence-electron chi connectivity index (χ0n) is 16.9. The molecule has 0 radical (unpaired) electrons. The number of hydrogen-bond acceptors (Lipinski definition) is 5. The molecule has 1 aliphatic rings. The maximum atomic E-state index is 13.0. The summed E-state index contributed by atoms with van der Waals surface area (Å²) in [7, 11) is 1.67. The number of thioether (sulfide) groups is 1. The van der Waals surface area contributed by atoms with Crippen molar-refractivity contribution in [1.29, 1.82) is 0 Å². The van der Waals surface area contributed by atoms with E-state index in [0.29, 0.717) is 0 Å². The van der Waals surface area contributed by atoms with Crippen molar-refractivity contribution in [3.05, 3.63) is 53.9 Å². The van der Waals surface area contributed by atoms with E-state index in [-0.39, 0.29) is 5.91 Å². The van der Waals surface area contributed by atoms with Crippen LogP contribution in [-0.2, 0) is 6.54 Å². The van der Waals surface area contributed by atoms with Crippen molar-refractivity contribution in [2.45, 2.75) is 18.4 Å². The van der Waals surface area contributed by atoms with Crippen LogP contribution >= 0.6 is 11.8 Å². The molecule has 1 aromatic heterocycles. The molecular weight excluding hydrogens is 384 g/mol. The molecule has 1 fully saturated rings. The number of nitrogens with zero attached hydrogens (tertiary/aromatic N) is 3. The lowest BCUT2D eigenvalue weighted by molar-refractivity contribution is 0.0622. The SMILES string of the molecule is CCSc1ccccc1C(=O)N1CCN(Cc2nc3ccc(OC)cc3[nH]2)CC1. The van der Waals surface area contributed by atoms with Crippen LogP contribution in [0.25, 0.3) is 11.0 Å². The standard InChI is InChI=1S/C22H26N4O2S/c1-3-29-20-7-5-4-6-17(20)22(27)26-12-10-25(11-13-26)15-21-23-18-9-8-16(28-2)14-19(18)24-21/h4-9,14H,3,10-13,15H2,1-2H3,(H,23,24). The summed E-state index contributed by atoms with van der Waals surface area (Å²) in [5.74, 6) is 2.86. The van der Waals surface area contributed by atoms with Crippen molar-refractivity contribution in [1.82, 2.24) is 19.8 Å². The molecule has 3 aromatic rings. The number of H-pyrrole nitrogens is 1. The van der Waals surface area contributed by atoms with E-state index in [9.17, 15) is 4.79 Å². The van der Waals surface area contributed by atoms with Gasteiger partial charge in [-0.25, -0.2) is 4.98 Å². The molecule has 29 heavy (non-hydrogen) atoms. The van der Waals surface area contributed by atoms with Crippen LogP contribution in [0.15, 0.2) is 47.4 Å². The van der Waals surface area contributed by atoms with Gasteiger partial charge in [-0.3, -0.25) is 9.69 Å². The highest BCUT2D eigenvalue weighted by Crippen LogP contribution is 2.24. The number of imidazole rings is 1. The summed E-state index contributed by atoms with van der Waals surface area (Å²) in [4.78, 5) is 26.4. The Bertz CT molecular complexity index is 995. The van der Waals surface area contributed by atoms with Crippen molar-refractivity contribution in [2.75, 3.05) is 39.0 Å². The number of aromatic amines is 1. The van der Waals surface area contributed by atoms with Gasteiger partial charge in [0.25, 0.3) is 5.91 Å². The summed E-state index contributed by atoms with van der Waals surface area (Å²) in [6, 6.07) is 13.8. The first kappa shape index (κ1) is 19.8. The number of methoxy groups -OCH3 is 1. The van der Waals surface area contributed by atoms with Gasteiger partial charge >= 0.3 is 0 Å². The Morgan fingerprint density at radius 2 is 1.97 bits per heavy atom. The number of aromatic nitrogens is 2. The first-order chi connectivity index (χ1) is 14.2.